The number of hydrogen-bond acceptors (Lipinski definition) is 7. The van der Waals surface area contributed by atoms with Crippen LogP contribution in [0.2, 0.25) is 0 Å². The summed E-state index contributed by atoms with van der Waals surface area (Å²) in [5, 5.41) is 10.7. The van der Waals surface area contributed by atoms with Crippen molar-refractivity contribution in [2.75, 3.05) is 18.9 Å². The highest BCUT2D eigenvalue weighted by Crippen LogP contribution is 2.60. The van der Waals surface area contributed by atoms with Gasteiger partial charge in [-0.3, -0.25) is 4.72 Å². The second-order valence-corrected chi connectivity index (χ2v) is 15.1. The van der Waals surface area contributed by atoms with Gasteiger partial charge in [0.2, 0.25) is 0 Å². The van der Waals surface area contributed by atoms with Gasteiger partial charge in [0, 0.05) is 11.4 Å². The molecule has 11 heteroatoms. The Balaban J connectivity index is 1.12. The molecule has 4 saturated carbocycles. The van der Waals surface area contributed by atoms with Crippen LogP contribution in [0.5, 0.6) is 11.5 Å². The third-order valence-corrected chi connectivity index (χ3v) is 12.1. The Morgan fingerprint density at radius 3 is 2.16 bits per heavy atom. The minimum absolute atomic E-state index is 0.143. The van der Waals surface area contributed by atoms with Gasteiger partial charge in [-0.2, -0.15) is 8.42 Å². The van der Waals surface area contributed by atoms with Gasteiger partial charge in [0.05, 0.1) is 31.0 Å². The summed E-state index contributed by atoms with van der Waals surface area (Å²) in [5.74, 6) is 0.474. The maximum absolute atomic E-state index is 14.3. The van der Waals surface area contributed by atoms with Crippen LogP contribution < -0.4 is 14.2 Å². The molecule has 0 radical (unpaired) electrons. The zero-order valence-electron chi connectivity index (χ0n) is 24.9. The average molecular weight is 649 g/mol. The first kappa shape index (κ1) is 29.7. The van der Waals surface area contributed by atoms with Crippen LogP contribution in [-0.2, 0) is 15.4 Å². The van der Waals surface area contributed by atoms with Crippen LogP contribution in [-0.4, -0.2) is 38.7 Å². The maximum Gasteiger partial charge on any atom is 0.338 e. The van der Waals surface area contributed by atoms with Crippen molar-refractivity contribution in [2.45, 2.75) is 49.0 Å². The van der Waals surface area contributed by atoms with E-state index in [9.17, 15) is 17.6 Å². The summed E-state index contributed by atoms with van der Waals surface area (Å²) in [6.07, 6.45) is 8.23. The van der Waals surface area contributed by atoms with Crippen molar-refractivity contribution in [3.05, 3.63) is 76.9 Å². The van der Waals surface area contributed by atoms with Crippen LogP contribution in [0.3, 0.4) is 0 Å². The summed E-state index contributed by atoms with van der Waals surface area (Å²) in [4.78, 5) is 15.6. The molecule has 1 heterocycles. The van der Waals surface area contributed by atoms with Crippen LogP contribution in [0, 0.1) is 23.6 Å². The predicted molar refractivity (Wildman–Crippen MR) is 170 cm³/mol. The Morgan fingerprint density at radius 1 is 0.933 bits per heavy atom. The van der Waals surface area contributed by atoms with Crippen molar-refractivity contribution in [1.82, 2.24) is 4.98 Å². The lowest BCUT2D eigenvalue weighted by molar-refractivity contribution is -0.00518. The molecule has 4 aliphatic carbocycles. The van der Waals surface area contributed by atoms with Crippen molar-refractivity contribution < 1.29 is 32.2 Å². The van der Waals surface area contributed by atoms with Crippen LogP contribution in [0.4, 0.5) is 10.1 Å². The molecular formula is C34H33FN2O6S2. The van der Waals surface area contributed by atoms with Crippen molar-refractivity contribution in [2.24, 2.45) is 17.8 Å². The summed E-state index contributed by atoms with van der Waals surface area (Å²) >= 11 is 1.13. The van der Waals surface area contributed by atoms with Gasteiger partial charge in [0.15, 0.2) is 5.03 Å². The van der Waals surface area contributed by atoms with Gasteiger partial charge < -0.3 is 14.6 Å². The first-order chi connectivity index (χ1) is 21.6. The lowest BCUT2D eigenvalue weighted by atomic mass is 9.48. The zero-order valence-corrected chi connectivity index (χ0v) is 26.5. The highest BCUT2D eigenvalue weighted by molar-refractivity contribution is 7.92. The highest BCUT2D eigenvalue weighted by Gasteiger charge is 2.51. The minimum atomic E-state index is -4.26. The standard InChI is InChI=1S/C34H33FN2O6S2/c1-42-29-12-23(22-3-6-24(7-4-22)34-15-19-9-20(16-34)11-21(10-19)17-34)5-8-25(29)32-36-31(18-44-32)45(40,41)37-28-14-27(35)26(33(38)39)13-30(28)43-2/h3-8,12-14,18-21,37H,9-11,15-17H2,1-2H3,(H,38,39). The molecule has 8 rings (SSSR count). The molecule has 1 aromatic heterocycles. The number of thiazole rings is 1. The van der Waals surface area contributed by atoms with Gasteiger partial charge in [-0.05, 0) is 96.6 Å². The second-order valence-electron chi connectivity index (χ2n) is 12.6. The fourth-order valence-corrected chi connectivity index (χ4v) is 10.4. The van der Waals surface area contributed by atoms with Gasteiger partial charge in [-0.15, -0.1) is 11.3 Å². The molecule has 234 valence electrons. The number of aromatic carboxylic acids is 1. The molecule has 0 amide bonds. The molecule has 2 N–H and O–H groups in total. The van der Waals surface area contributed by atoms with E-state index in [1.807, 2.05) is 18.2 Å². The molecule has 45 heavy (non-hydrogen) atoms. The van der Waals surface area contributed by atoms with Gasteiger partial charge >= 0.3 is 5.97 Å². The third-order valence-electron chi connectivity index (χ3n) is 9.82. The Kier molecular flexibility index (Phi) is 7.36. The number of nitrogens with zero attached hydrogens (tertiary/aromatic N) is 1. The number of carboxylic acid groups (broad SMARTS) is 1. The lowest BCUT2D eigenvalue weighted by Crippen LogP contribution is -2.48. The number of benzene rings is 3. The first-order valence-corrected chi connectivity index (χ1v) is 17.3. The van der Waals surface area contributed by atoms with Crippen molar-refractivity contribution in [3.8, 4) is 33.2 Å². The Labute approximate surface area is 265 Å². The van der Waals surface area contributed by atoms with Crippen LogP contribution in [0.1, 0.15) is 54.4 Å². The Hall–Kier alpha value is -3.96. The van der Waals surface area contributed by atoms with Gasteiger partial charge in [-0.1, -0.05) is 30.3 Å². The summed E-state index contributed by atoms with van der Waals surface area (Å²) in [6, 6.07) is 16.5. The molecule has 4 bridgehead atoms. The van der Waals surface area contributed by atoms with E-state index in [0.29, 0.717) is 21.7 Å². The van der Waals surface area contributed by atoms with E-state index in [1.54, 1.807) is 7.11 Å². The topological polar surface area (TPSA) is 115 Å². The van der Waals surface area contributed by atoms with E-state index < -0.39 is 27.4 Å². The normalized spacial score (nSPS) is 23.6. The van der Waals surface area contributed by atoms with Gasteiger partial charge in [-0.25, -0.2) is 14.2 Å². The number of carbonyl (C=O) groups is 1. The van der Waals surface area contributed by atoms with Crippen LogP contribution >= 0.6 is 11.3 Å². The molecule has 0 atom stereocenters. The average Bonchev–Trinajstić information content (AvgIpc) is 3.51. The summed E-state index contributed by atoms with van der Waals surface area (Å²) in [7, 11) is -1.47. The fourth-order valence-electron chi connectivity index (χ4n) is 8.20. The molecule has 4 aromatic rings. The van der Waals surface area contributed by atoms with Crippen molar-refractivity contribution in [3.63, 3.8) is 0 Å². The number of nitrogens with one attached hydrogen (secondary N) is 1. The van der Waals surface area contributed by atoms with E-state index in [-0.39, 0.29) is 16.5 Å². The quantitative estimate of drug-likeness (QED) is 0.192. The summed E-state index contributed by atoms with van der Waals surface area (Å²) in [5.41, 5.74) is 3.62. The third kappa shape index (κ3) is 5.35. The van der Waals surface area contributed by atoms with Crippen LogP contribution in [0.25, 0.3) is 21.7 Å². The van der Waals surface area contributed by atoms with E-state index >= 15 is 0 Å². The number of carboxylic acids is 1. The lowest BCUT2D eigenvalue weighted by Gasteiger charge is -2.57. The van der Waals surface area contributed by atoms with Crippen molar-refractivity contribution in [1.29, 1.82) is 0 Å². The number of hydrogen-bond donors (Lipinski definition) is 2. The van der Waals surface area contributed by atoms with E-state index in [4.69, 9.17) is 14.6 Å². The molecule has 0 saturated heterocycles. The number of anilines is 1. The number of sulfonamides is 1. The molecule has 0 unspecified atom stereocenters. The number of methoxy groups -OCH3 is 2. The van der Waals surface area contributed by atoms with Gasteiger partial charge in [0.1, 0.15) is 22.3 Å². The van der Waals surface area contributed by atoms with E-state index in [1.165, 1.54) is 56.6 Å². The SMILES string of the molecule is COc1cc(C(=O)O)c(F)cc1NS(=O)(=O)c1csc(-c2ccc(-c3ccc(C45CC6CC(CC(C6)C4)C5)cc3)cc2OC)n1. The molecule has 3 aromatic carbocycles. The second kappa shape index (κ2) is 11.1. The molecule has 4 aliphatic rings. The molecule has 0 spiro atoms. The summed E-state index contributed by atoms with van der Waals surface area (Å²) in [6.45, 7) is 0. The minimum Gasteiger partial charge on any atom is -0.496 e. The van der Waals surface area contributed by atoms with Crippen LogP contribution in [0.15, 0.2) is 65.0 Å². The number of rotatable bonds is 9. The number of ether oxygens (including phenoxy) is 2. The predicted octanol–water partition coefficient (Wildman–Crippen LogP) is 7.60. The monoisotopic (exact) mass is 648 g/mol. The molecule has 0 aliphatic heterocycles. The first-order valence-electron chi connectivity index (χ1n) is 15.0. The van der Waals surface area contributed by atoms with E-state index in [0.717, 1.165) is 52.4 Å². The van der Waals surface area contributed by atoms with E-state index in [2.05, 4.69) is 34.0 Å². The van der Waals surface area contributed by atoms with Gasteiger partial charge in [0.25, 0.3) is 10.0 Å². The Morgan fingerprint density at radius 2 is 1.56 bits per heavy atom. The molecule has 8 nitrogen and oxygen atoms in total. The number of halogens is 1. The largest absolute Gasteiger partial charge is 0.496 e. The number of aromatic nitrogens is 1. The zero-order chi connectivity index (χ0) is 31.5. The van der Waals surface area contributed by atoms with Crippen molar-refractivity contribution >= 4 is 33.0 Å². The summed E-state index contributed by atoms with van der Waals surface area (Å²) < 4.78 is 53.7. The smallest absolute Gasteiger partial charge is 0.338 e. The molecular weight excluding hydrogens is 616 g/mol. The maximum atomic E-state index is 14.3. The fraction of sp³-hybridized carbons (Fsp3) is 0.353. The highest BCUT2D eigenvalue weighted by atomic mass is 32.2. The molecule has 4 fully saturated rings. The Bertz CT molecular complexity index is 1870.